The number of aromatic nitrogens is 4. The number of thiophene rings is 1. The molecule has 0 aliphatic heterocycles. The lowest BCUT2D eigenvalue weighted by molar-refractivity contribution is 1.07. The molecule has 3 aromatic heterocycles. The van der Waals surface area contributed by atoms with Gasteiger partial charge in [-0.25, -0.2) is 15.0 Å². The van der Waals surface area contributed by atoms with Crippen molar-refractivity contribution in [2.24, 2.45) is 0 Å². The maximum Gasteiger partial charge on any atom is 0.164 e. The monoisotopic (exact) mass is 585 g/mol. The third-order valence-corrected chi connectivity index (χ3v) is 9.06. The fourth-order valence-electron chi connectivity index (χ4n) is 6.01. The fourth-order valence-corrected chi connectivity index (χ4v) is 7.18. The van der Waals surface area contributed by atoms with E-state index in [-0.39, 0.29) is 23.5 Å². The summed E-state index contributed by atoms with van der Waals surface area (Å²) in [5, 5.41) is 4.66. The topological polar surface area (TPSA) is 43.6 Å². The van der Waals surface area contributed by atoms with Crippen LogP contribution in [0.1, 0.15) is 6.85 Å². The zero-order chi connectivity index (χ0) is 33.4. The first-order chi connectivity index (χ1) is 23.9. The van der Waals surface area contributed by atoms with Gasteiger partial charge in [-0.1, -0.05) is 115 Å². The van der Waals surface area contributed by atoms with Crippen LogP contribution in [0.2, 0.25) is 0 Å². The van der Waals surface area contributed by atoms with Gasteiger partial charge in [-0.3, -0.25) is 0 Å². The summed E-state index contributed by atoms with van der Waals surface area (Å²) in [6, 6.07) is 36.8. The zero-order valence-corrected chi connectivity index (χ0v) is 24.0. The molecule has 0 saturated carbocycles. The lowest BCUT2D eigenvalue weighted by Gasteiger charge is -2.10. The molecule has 5 heteroatoms. The van der Waals surface area contributed by atoms with Crippen LogP contribution in [-0.2, 0) is 0 Å². The number of hydrogen-bond acceptors (Lipinski definition) is 4. The van der Waals surface area contributed by atoms with Gasteiger partial charge in [0, 0.05) is 47.6 Å². The number of rotatable bonds is 4. The Hall–Kier alpha value is -5.65. The predicted molar refractivity (Wildman–Crippen MR) is 183 cm³/mol. The van der Waals surface area contributed by atoms with Crippen LogP contribution in [0.4, 0.5) is 0 Å². The van der Waals surface area contributed by atoms with Crippen LogP contribution in [-0.4, -0.2) is 19.5 Å². The van der Waals surface area contributed by atoms with Crippen LogP contribution in [0.25, 0.3) is 81.8 Å². The standard InChI is InChI=1S/C39H24N4S/c1-3-12-25(13-4-1)37-40-38(26-14-5-2-6-15-26)42-39(41-37)27-22-23-30-35(24-27)44-34-21-11-20-33(36(30)34)43-31-18-9-7-16-28(31)29-17-8-10-19-32(29)43/h1-24H/i1D,3D,4D,12D,13D. The summed E-state index contributed by atoms with van der Waals surface area (Å²) in [5.41, 5.74) is 4.77. The Balaban J connectivity index is 1.27. The minimum Gasteiger partial charge on any atom is -0.309 e. The van der Waals surface area contributed by atoms with Gasteiger partial charge < -0.3 is 4.57 Å². The molecule has 206 valence electrons. The highest BCUT2D eigenvalue weighted by atomic mass is 32.1. The van der Waals surface area contributed by atoms with Crippen molar-refractivity contribution in [3.63, 3.8) is 0 Å². The van der Waals surface area contributed by atoms with Crippen molar-refractivity contribution in [2.45, 2.75) is 0 Å². The highest BCUT2D eigenvalue weighted by molar-refractivity contribution is 7.26. The van der Waals surface area contributed by atoms with E-state index in [0.717, 1.165) is 48.0 Å². The van der Waals surface area contributed by atoms with Crippen LogP contribution in [0.3, 0.4) is 0 Å². The molecule has 0 unspecified atom stereocenters. The molecule has 0 bridgehead atoms. The third kappa shape index (κ3) is 3.94. The average molecular weight is 586 g/mol. The van der Waals surface area contributed by atoms with Crippen LogP contribution < -0.4 is 0 Å². The first-order valence-electron chi connectivity index (χ1n) is 16.7. The largest absolute Gasteiger partial charge is 0.309 e. The van der Waals surface area contributed by atoms with E-state index < -0.39 is 18.1 Å². The summed E-state index contributed by atoms with van der Waals surface area (Å²) >= 11 is 1.69. The Morgan fingerprint density at radius 3 is 1.86 bits per heavy atom. The van der Waals surface area contributed by atoms with Crippen LogP contribution in [0.15, 0.2) is 145 Å². The molecule has 0 aliphatic carbocycles. The Labute approximate surface area is 264 Å². The Morgan fingerprint density at radius 2 is 1.14 bits per heavy atom. The molecular weight excluding hydrogens is 557 g/mol. The van der Waals surface area contributed by atoms with Crippen molar-refractivity contribution >= 4 is 53.3 Å². The highest BCUT2D eigenvalue weighted by Crippen LogP contribution is 2.42. The second-order valence-corrected chi connectivity index (χ2v) is 11.6. The van der Waals surface area contributed by atoms with Crippen LogP contribution in [0.5, 0.6) is 0 Å². The second-order valence-electron chi connectivity index (χ2n) is 10.5. The van der Waals surface area contributed by atoms with Crippen molar-refractivity contribution < 1.29 is 6.85 Å². The SMILES string of the molecule is [2H]c1c([2H])c([2H])c(-c2nc(-c3ccccc3)nc(-c3ccc4c(c3)sc3cccc(-n5c6ccccc6c6ccccc65)c34)n2)c([2H])c1[2H]. The normalized spacial score (nSPS) is 13.2. The molecule has 0 saturated heterocycles. The van der Waals surface area contributed by atoms with Gasteiger partial charge in [-0.2, -0.15) is 0 Å². The van der Waals surface area contributed by atoms with Crippen molar-refractivity contribution in [1.82, 2.24) is 19.5 Å². The minimum atomic E-state index is -0.466. The van der Waals surface area contributed by atoms with E-state index in [9.17, 15) is 0 Å². The summed E-state index contributed by atoms with van der Waals surface area (Å²) in [6.07, 6.45) is 0. The Bertz CT molecular complexity index is 2710. The Kier molecular flexibility index (Phi) is 4.60. The molecule has 0 spiro atoms. The number of hydrogen-bond donors (Lipinski definition) is 0. The summed E-state index contributed by atoms with van der Waals surface area (Å²) < 4.78 is 46.3. The molecule has 9 aromatic rings. The molecule has 4 nitrogen and oxygen atoms in total. The minimum absolute atomic E-state index is 0.0194. The number of benzene rings is 6. The zero-order valence-electron chi connectivity index (χ0n) is 28.2. The van der Waals surface area contributed by atoms with Crippen LogP contribution >= 0.6 is 11.3 Å². The van der Waals surface area contributed by atoms with Gasteiger partial charge in [0.25, 0.3) is 0 Å². The molecule has 0 atom stereocenters. The van der Waals surface area contributed by atoms with E-state index in [1.807, 2.05) is 36.4 Å². The van der Waals surface area contributed by atoms with Crippen LogP contribution in [0, 0.1) is 0 Å². The van der Waals surface area contributed by atoms with E-state index in [1.54, 1.807) is 11.3 Å². The maximum atomic E-state index is 8.60. The molecule has 0 radical (unpaired) electrons. The van der Waals surface area contributed by atoms with E-state index >= 15 is 0 Å². The Morgan fingerprint density at radius 1 is 0.500 bits per heavy atom. The van der Waals surface area contributed by atoms with Gasteiger partial charge in [-0.15, -0.1) is 11.3 Å². The van der Waals surface area contributed by atoms with Crippen molar-refractivity contribution in [2.75, 3.05) is 0 Å². The molecule has 0 fully saturated rings. The highest BCUT2D eigenvalue weighted by Gasteiger charge is 2.18. The van der Waals surface area contributed by atoms with Gasteiger partial charge in [0.05, 0.1) is 23.6 Å². The molecule has 0 amide bonds. The fraction of sp³-hybridized carbons (Fsp3) is 0. The quantitative estimate of drug-likeness (QED) is 0.206. The number of nitrogens with zero attached hydrogens (tertiary/aromatic N) is 4. The molecule has 44 heavy (non-hydrogen) atoms. The first kappa shape index (κ1) is 20.3. The average Bonchev–Trinajstić information content (AvgIpc) is 3.69. The number of para-hydroxylation sites is 2. The summed E-state index contributed by atoms with van der Waals surface area (Å²) in [7, 11) is 0. The van der Waals surface area contributed by atoms with Crippen molar-refractivity contribution in [1.29, 1.82) is 0 Å². The van der Waals surface area contributed by atoms with Crippen molar-refractivity contribution in [3.05, 3.63) is 145 Å². The smallest absolute Gasteiger partial charge is 0.164 e. The van der Waals surface area contributed by atoms with E-state index in [1.165, 1.54) is 10.8 Å². The molecule has 0 N–H and O–H groups in total. The summed E-state index contributed by atoms with van der Waals surface area (Å²) in [5.74, 6) is 0.709. The molecule has 6 aromatic carbocycles. The summed E-state index contributed by atoms with van der Waals surface area (Å²) in [6.45, 7) is 0. The molecule has 9 rings (SSSR count). The predicted octanol–water partition coefficient (Wildman–Crippen LogP) is 10.3. The molecule has 3 heterocycles. The van der Waals surface area contributed by atoms with Gasteiger partial charge in [0.15, 0.2) is 17.5 Å². The lowest BCUT2D eigenvalue weighted by atomic mass is 10.1. The lowest BCUT2D eigenvalue weighted by Crippen LogP contribution is -2.00. The third-order valence-electron chi connectivity index (χ3n) is 7.95. The molecular formula is C39H24N4S. The van der Waals surface area contributed by atoms with E-state index in [2.05, 4.69) is 88.4 Å². The maximum absolute atomic E-state index is 8.60. The van der Waals surface area contributed by atoms with E-state index in [0.29, 0.717) is 11.6 Å². The van der Waals surface area contributed by atoms with Gasteiger partial charge >= 0.3 is 0 Å². The first-order valence-corrected chi connectivity index (χ1v) is 15.0. The van der Waals surface area contributed by atoms with Gasteiger partial charge in [0.1, 0.15) is 0 Å². The number of fused-ring (bicyclic) bond motifs is 6. The molecule has 0 aliphatic rings. The summed E-state index contributed by atoms with van der Waals surface area (Å²) in [4.78, 5) is 14.2. The second kappa shape index (κ2) is 9.97. The van der Waals surface area contributed by atoms with Crippen molar-refractivity contribution in [3.8, 4) is 39.9 Å². The van der Waals surface area contributed by atoms with E-state index in [4.69, 9.17) is 16.8 Å². The van der Waals surface area contributed by atoms with Gasteiger partial charge in [-0.05, 0) is 30.3 Å². The van der Waals surface area contributed by atoms with Gasteiger partial charge in [0.2, 0.25) is 0 Å².